The van der Waals surface area contributed by atoms with Crippen LogP contribution in [0.25, 0.3) is 0 Å². The molecule has 1 aromatic rings. The highest BCUT2D eigenvalue weighted by Crippen LogP contribution is 2.21. The summed E-state index contributed by atoms with van der Waals surface area (Å²) in [5.74, 6) is 1.42. The average molecular weight is 263 g/mol. The van der Waals surface area contributed by atoms with Crippen LogP contribution in [0.5, 0.6) is 0 Å². The van der Waals surface area contributed by atoms with Gasteiger partial charge in [-0.3, -0.25) is 4.90 Å². The molecule has 0 spiro atoms. The van der Waals surface area contributed by atoms with E-state index in [0.717, 1.165) is 44.8 Å². The lowest BCUT2D eigenvalue weighted by atomic mass is 9.92. The summed E-state index contributed by atoms with van der Waals surface area (Å²) in [7, 11) is 0. The molecule has 1 atom stereocenters. The number of aromatic nitrogens is 1. The van der Waals surface area contributed by atoms with Crippen LogP contribution in [-0.2, 0) is 6.54 Å². The van der Waals surface area contributed by atoms with Crippen molar-refractivity contribution >= 4 is 5.82 Å². The van der Waals surface area contributed by atoms with E-state index in [1.165, 1.54) is 5.56 Å². The first-order chi connectivity index (χ1) is 9.19. The molecule has 0 aromatic carbocycles. The van der Waals surface area contributed by atoms with Crippen molar-refractivity contribution in [3.8, 4) is 0 Å². The van der Waals surface area contributed by atoms with Crippen LogP contribution in [0.1, 0.15) is 32.3 Å². The van der Waals surface area contributed by atoms with Crippen LogP contribution in [0, 0.1) is 5.92 Å². The SMILES string of the molecule is CCNc1ccc(CN2CCC(C(C)O)CC2)cn1. The predicted molar refractivity (Wildman–Crippen MR) is 78.1 cm³/mol. The van der Waals surface area contributed by atoms with E-state index in [2.05, 4.69) is 28.2 Å². The molecule has 1 aliphatic rings. The third-order valence-corrected chi connectivity index (χ3v) is 3.90. The highest BCUT2D eigenvalue weighted by Gasteiger charge is 2.22. The van der Waals surface area contributed by atoms with Crippen LogP contribution < -0.4 is 5.32 Å². The van der Waals surface area contributed by atoms with Gasteiger partial charge in [0, 0.05) is 19.3 Å². The predicted octanol–water partition coefficient (Wildman–Crippen LogP) is 2.11. The molecule has 1 saturated heterocycles. The number of rotatable bonds is 5. The number of aliphatic hydroxyl groups is 1. The van der Waals surface area contributed by atoms with Crippen molar-refractivity contribution in [3.63, 3.8) is 0 Å². The Bertz CT molecular complexity index is 369. The molecular formula is C15H25N3O. The van der Waals surface area contributed by atoms with E-state index >= 15 is 0 Å². The highest BCUT2D eigenvalue weighted by molar-refractivity contribution is 5.35. The lowest BCUT2D eigenvalue weighted by molar-refractivity contribution is 0.0695. The molecule has 2 rings (SSSR count). The molecule has 1 aromatic heterocycles. The van der Waals surface area contributed by atoms with Crippen molar-refractivity contribution in [2.75, 3.05) is 25.0 Å². The smallest absolute Gasteiger partial charge is 0.125 e. The molecule has 4 heteroatoms. The van der Waals surface area contributed by atoms with Gasteiger partial charge in [-0.2, -0.15) is 0 Å². The minimum atomic E-state index is -0.164. The summed E-state index contributed by atoms with van der Waals surface area (Å²) in [6.45, 7) is 7.99. The first-order valence-corrected chi connectivity index (χ1v) is 7.28. The fourth-order valence-corrected chi connectivity index (χ4v) is 2.66. The Balaban J connectivity index is 1.82. The minimum Gasteiger partial charge on any atom is -0.393 e. The summed E-state index contributed by atoms with van der Waals surface area (Å²) in [5.41, 5.74) is 1.26. The maximum atomic E-state index is 9.60. The normalized spacial score (nSPS) is 19.3. The fraction of sp³-hybridized carbons (Fsp3) is 0.667. The fourth-order valence-electron chi connectivity index (χ4n) is 2.66. The lowest BCUT2D eigenvalue weighted by Gasteiger charge is -2.33. The van der Waals surface area contributed by atoms with Crippen LogP contribution >= 0.6 is 0 Å². The number of nitrogens with one attached hydrogen (secondary N) is 1. The first kappa shape index (κ1) is 14.3. The second kappa shape index (κ2) is 6.87. The zero-order chi connectivity index (χ0) is 13.7. The number of nitrogens with zero attached hydrogens (tertiary/aromatic N) is 2. The van der Waals surface area contributed by atoms with E-state index in [1.807, 2.05) is 19.2 Å². The molecule has 2 heterocycles. The molecule has 106 valence electrons. The van der Waals surface area contributed by atoms with Crippen molar-refractivity contribution < 1.29 is 5.11 Å². The molecule has 19 heavy (non-hydrogen) atoms. The maximum Gasteiger partial charge on any atom is 0.125 e. The number of piperidine rings is 1. The summed E-state index contributed by atoms with van der Waals surface area (Å²) in [6, 6.07) is 4.19. The van der Waals surface area contributed by atoms with Crippen molar-refractivity contribution in [2.24, 2.45) is 5.92 Å². The monoisotopic (exact) mass is 263 g/mol. The molecule has 1 fully saturated rings. The van der Waals surface area contributed by atoms with Crippen molar-refractivity contribution in [3.05, 3.63) is 23.9 Å². The van der Waals surface area contributed by atoms with Gasteiger partial charge in [0.05, 0.1) is 6.10 Å². The summed E-state index contributed by atoms with van der Waals surface area (Å²) in [5, 5.41) is 12.8. The second-order valence-corrected chi connectivity index (χ2v) is 5.44. The molecule has 0 bridgehead atoms. The Morgan fingerprint density at radius 1 is 1.42 bits per heavy atom. The first-order valence-electron chi connectivity index (χ1n) is 7.28. The van der Waals surface area contributed by atoms with E-state index in [0.29, 0.717) is 5.92 Å². The quantitative estimate of drug-likeness (QED) is 0.854. The third-order valence-electron chi connectivity index (χ3n) is 3.90. The molecule has 4 nitrogen and oxygen atoms in total. The molecule has 1 unspecified atom stereocenters. The molecule has 0 amide bonds. The molecule has 0 radical (unpaired) electrons. The van der Waals surface area contributed by atoms with Gasteiger partial charge in [-0.25, -0.2) is 4.98 Å². The molecule has 0 aliphatic carbocycles. The Kier molecular flexibility index (Phi) is 5.16. The summed E-state index contributed by atoms with van der Waals surface area (Å²) in [6.07, 6.45) is 3.99. The van der Waals surface area contributed by atoms with Gasteiger partial charge in [-0.05, 0) is 57.3 Å². The van der Waals surface area contributed by atoms with Crippen molar-refractivity contribution in [1.29, 1.82) is 0 Å². The van der Waals surface area contributed by atoms with E-state index in [-0.39, 0.29) is 6.10 Å². The van der Waals surface area contributed by atoms with E-state index in [4.69, 9.17) is 0 Å². The Morgan fingerprint density at radius 2 is 2.16 bits per heavy atom. The zero-order valence-corrected chi connectivity index (χ0v) is 12.0. The molecule has 0 saturated carbocycles. The van der Waals surface area contributed by atoms with Gasteiger partial charge in [-0.15, -0.1) is 0 Å². The second-order valence-electron chi connectivity index (χ2n) is 5.44. The largest absolute Gasteiger partial charge is 0.393 e. The number of aliphatic hydroxyl groups excluding tert-OH is 1. The number of hydrogen-bond acceptors (Lipinski definition) is 4. The van der Waals surface area contributed by atoms with Crippen LogP contribution in [0.2, 0.25) is 0 Å². The summed E-state index contributed by atoms with van der Waals surface area (Å²) in [4.78, 5) is 6.85. The van der Waals surface area contributed by atoms with Gasteiger partial charge in [-0.1, -0.05) is 6.07 Å². The maximum absolute atomic E-state index is 9.60. The number of anilines is 1. The highest BCUT2D eigenvalue weighted by atomic mass is 16.3. The van der Waals surface area contributed by atoms with Gasteiger partial charge < -0.3 is 10.4 Å². The minimum absolute atomic E-state index is 0.164. The molecular weight excluding hydrogens is 238 g/mol. The molecule has 2 N–H and O–H groups in total. The summed E-state index contributed by atoms with van der Waals surface area (Å²) < 4.78 is 0. The van der Waals surface area contributed by atoms with Crippen LogP contribution in [0.15, 0.2) is 18.3 Å². The van der Waals surface area contributed by atoms with E-state index < -0.39 is 0 Å². The average Bonchev–Trinajstić information content (AvgIpc) is 2.42. The Morgan fingerprint density at radius 3 is 2.68 bits per heavy atom. The lowest BCUT2D eigenvalue weighted by Crippen LogP contribution is -2.36. The standard InChI is InChI=1S/C15H25N3O/c1-3-16-15-5-4-13(10-17-15)11-18-8-6-14(7-9-18)12(2)19/h4-5,10,12,14,19H,3,6-9,11H2,1-2H3,(H,16,17). The Hall–Kier alpha value is -1.13. The van der Waals surface area contributed by atoms with Crippen molar-refractivity contribution in [1.82, 2.24) is 9.88 Å². The van der Waals surface area contributed by atoms with Gasteiger partial charge in [0.1, 0.15) is 5.82 Å². The number of pyridine rings is 1. The Labute approximate surface area is 115 Å². The molecule has 1 aliphatic heterocycles. The van der Waals surface area contributed by atoms with Crippen LogP contribution in [0.3, 0.4) is 0 Å². The summed E-state index contributed by atoms with van der Waals surface area (Å²) >= 11 is 0. The number of hydrogen-bond donors (Lipinski definition) is 2. The van der Waals surface area contributed by atoms with Gasteiger partial charge >= 0.3 is 0 Å². The van der Waals surface area contributed by atoms with Gasteiger partial charge in [0.25, 0.3) is 0 Å². The van der Waals surface area contributed by atoms with Crippen molar-refractivity contribution in [2.45, 2.75) is 39.3 Å². The van der Waals surface area contributed by atoms with E-state index in [1.54, 1.807) is 0 Å². The van der Waals surface area contributed by atoms with Gasteiger partial charge in [0.2, 0.25) is 0 Å². The van der Waals surface area contributed by atoms with E-state index in [9.17, 15) is 5.11 Å². The third kappa shape index (κ3) is 4.18. The van der Waals surface area contributed by atoms with Crippen LogP contribution in [0.4, 0.5) is 5.82 Å². The zero-order valence-electron chi connectivity index (χ0n) is 12.0. The van der Waals surface area contributed by atoms with Crippen LogP contribution in [-0.4, -0.2) is 40.7 Å². The number of likely N-dealkylation sites (tertiary alicyclic amines) is 1. The van der Waals surface area contributed by atoms with Gasteiger partial charge in [0.15, 0.2) is 0 Å². The topological polar surface area (TPSA) is 48.4 Å².